The Hall–Kier alpha value is -0.0800. The molecule has 0 aromatic carbocycles. The zero-order valence-corrected chi connectivity index (χ0v) is 8.64. The van der Waals surface area contributed by atoms with Crippen LogP contribution in [0.15, 0.2) is 0 Å². The number of hydrogen-bond acceptors (Lipinski definition) is 2. The maximum Gasteiger partial charge on any atom is 0.00385 e. The predicted molar refractivity (Wildman–Crippen MR) is 55.5 cm³/mol. The van der Waals surface area contributed by atoms with Gasteiger partial charge in [0.1, 0.15) is 0 Å². The lowest BCUT2D eigenvalue weighted by molar-refractivity contribution is 0.149. The third-order valence-electron chi connectivity index (χ3n) is 2.87. The molecule has 12 heavy (non-hydrogen) atoms. The zero-order valence-electron chi connectivity index (χ0n) is 8.64. The van der Waals surface area contributed by atoms with Crippen molar-refractivity contribution in [3.63, 3.8) is 0 Å². The van der Waals surface area contributed by atoms with Crippen molar-refractivity contribution in [3.8, 4) is 0 Å². The Balaban J connectivity index is 0.00000144. The summed E-state index contributed by atoms with van der Waals surface area (Å²) in [7, 11) is 2.05. The highest BCUT2D eigenvalue weighted by molar-refractivity contribution is 4.75. The number of likely N-dealkylation sites (tertiary alicyclic amines) is 1. The average Bonchev–Trinajstić information content (AvgIpc) is 2.06. The van der Waals surface area contributed by atoms with Crippen molar-refractivity contribution in [3.05, 3.63) is 0 Å². The van der Waals surface area contributed by atoms with E-state index in [1.807, 2.05) is 0 Å². The maximum atomic E-state index is 3.26. The normalized spacial score (nSPS) is 22.0. The summed E-state index contributed by atoms with van der Waals surface area (Å²) in [5.74, 6) is 0.921. The summed E-state index contributed by atoms with van der Waals surface area (Å²) in [6.45, 7) is 8.37. The smallest absolute Gasteiger partial charge is 0.00385 e. The van der Waals surface area contributed by atoms with Crippen molar-refractivity contribution >= 4 is 0 Å². The van der Waals surface area contributed by atoms with Gasteiger partial charge in [0.05, 0.1) is 0 Å². The average molecular weight is 172 g/mol. The van der Waals surface area contributed by atoms with Crippen LogP contribution in [0.5, 0.6) is 0 Å². The first-order valence-corrected chi connectivity index (χ1v) is 5.12. The van der Waals surface area contributed by atoms with E-state index in [1.165, 1.54) is 32.5 Å². The van der Waals surface area contributed by atoms with Gasteiger partial charge in [-0.3, -0.25) is 0 Å². The minimum atomic E-state index is 0. The lowest BCUT2D eigenvalue weighted by Crippen LogP contribution is -2.40. The molecule has 2 nitrogen and oxygen atoms in total. The van der Waals surface area contributed by atoms with Crippen LogP contribution < -0.4 is 5.32 Å². The Morgan fingerprint density at radius 3 is 2.42 bits per heavy atom. The molecule has 0 unspecified atom stereocenters. The standard InChI is InChI=1S/C10H22N2.H2/c1-9(2)12-6-4-10(5-7-12)8-11-3;/h9-11H,4-8H2,1-3H3;1H. The summed E-state index contributed by atoms with van der Waals surface area (Å²) < 4.78 is 0. The topological polar surface area (TPSA) is 15.3 Å². The highest BCUT2D eigenvalue weighted by atomic mass is 15.1. The van der Waals surface area contributed by atoms with Crippen LogP contribution in [0.1, 0.15) is 28.1 Å². The molecule has 1 saturated heterocycles. The third kappa shape index (κ3) is 2.76. The Morgan fingerprint density at radius 2 is 2.00 bits per heavy atom. The molecule has 1 aliphatic rings. The van der Waals surface area contributed by atoms with Crippen LogP contribution in [0.25, 0.3) is 0 Å². The van der Waals surface area contributed by atoms with E-state index in [0.29, 0.717) is 0 Å². The van der Waals surface area contributed by atoms with Crippen molar-refractivity contribution in [1.82, 2.24) is 10.2 Å². The van der Waals surface area contributed by atoms with E-state index >= 15 is 0 Å². The molecule has 0 aromatic rings. The molecule has 1 rings (SSSR count). The summed E-state index contributed by atoms with van der Waals surface area (Å²) in [6.07, 6.45) is 2.75. The second-order valence-corrected chi connectivity index (χ2v) is 4.13. The second kappa shape index (κ2) is 4.83. The summed E-state index contributed by atoms with van der Waals surface area (Å²) in [5, 5.41) is 3.26. The molecule has 1 aliphatic heterocycles. The number of nitrogens with one attached hydrogen (secondary N) is 1. The van der Waals surface area contributed by atoms with E-state index in [0.717, 1.165) is 12.0 Å². The van der Waals surface area contributed by atoms with Crippen LogP contribution in [0.3, 0.4) is 0 Å². The van der Waals surface area contributed by atoms with Crippen LogP contribution >= 0.6 is 0 Å². The number of piperidine rings is 1. The minimum absolute atomic E-state index is 0. The van der Waals surface area contributed by atoms with E-state index in [2.05, 4.69) is 31.1 Å². The summed E-state index contributed by atoms with van der Waals surface area (Å²) in [4.78, 5) is 2.58. The monoisotopic (exact) mass is 172 g/mol. The van der Waals surface area contributed by atoms with Gasteiger partial charge in [-0.1, -0.05) is 0 Å². The second-order valence-electron chi connectivity index (χ2n) is 4.13. The van der Waals surface area contributed by atoms with Crippen molar-refractivity contribution in [1.29, 1.82) is 0 Å². The van der Waals surface area contributed by atoms with E-state index in [9.17, 15) is 0 Å². The van der Waals surface area contributed by atoms with Crippen LogP contribution in [0, 0.1) is 5.92 Å². The molecule has 0 atom stereocenters. The lowest BCUT2D eigenvalue weighted by Gasteiger charge is -2.34. The van der Waals surface area contributed by atoms with Crippen molar-refractivity contribution in [2.24, 2.45) is 5.92 Å². The Morgan fingerprint density at radius 1 is 1.42 bits per heavy atom. The van der Waals surface area contributed by atoms with E-state index in [-0.39, 0.29) is 1.43 Å². The fourth-order valence-electron chi connectivity index (χ4n) is 1.96. The van der Waals surface area contributed by atoms with Gasteiger partial charge in [0, 0.05) is 7.47 Å². The highest BCUT2D eigenvalue weighted by Crippen LogP contribution is 2.17. The first-order valence-electron chi connectivity index (χ1n) is 5.12. The summed E-state index contributed by atoms with van der Waals surface area (Å²) in [6, 6.07) is 0.737. The van der Waals surface area contributed by atoms with Crippen LogP contribution in [0.2, 0.25) is 0 Å². The molecule has 1 heterocycles. The van der Waals surface area contributed by atoms with E-state index in [1.54, 1.807) is 0 Å². The van der Waals surface area contributed by atoms with E-state index in [4.69, 9.17) is 0 Å². The largest absolute Gasteiger partial charge is 0.319 e. The Kier molecular flexibility index (Phi) is 4.02. The lowest BCUT2D eigenvalue weighted by atomic mass is 9.96. The first-order chi connectivity index (χ1) is 5.74. The number of nitrogens with zero attached hydrogens (tertiary/aromatic N) is 1. The van der Waals surface area contributed by atoms with Gasteiger partial charge in [-0.05, 0) is 59.3 Å². The molecule has 0 amide bonds. The molecule has 1 N–H and O–H groups in total. The molecular formula is C10H24N2. The van der Waals surface area contributed by atoms with Gasteiger partial charge in [-0.15, -0.1) is 0 Å². The fourth-order valence-corrected chi connectivity index (χ4v) is 1.96. The molecule has 0 aromatic heterocycles. The Bertz CT molecular complexity index is 120. The summed E-state index contributed by atoms with van der Waals surface area (Å²) in [5.41, 5.74) is 0. The van der Waals surface area contributed by atoms with Crippen molar-refractivity contribution < 1.29 is 1.43 Å². The zero-order chi connectivity index (χ0) is 8.97. The molecule has 0 radical (unpaired) electrons. The quantitative estimate of drug-likeness (QED) is 0.695. The van der Waals surface area contributed by atoms with Gasteiger partial charge in [0.2, 0.25) is 0 Å². The van der Waals surface area contributed by atoms with Crippen molar-refractivity contribution in [2.45, 2.75) is 32.7 Å². The molecule has 0 saturated carbocycles. The number of hydrogen-bond donors (Lipinski definition) is 1. The van der Waals surface area contributed by atoms with Crippen molar-refractivity contribution in [2.75, 3.05) is 26.7 Å². The molecular weight excluding hydrogens is 148 g/mol. The molecule has 0 bridgehead atoms. The van der Waals surface area contributed by atoms with Gasteiger partial charge >= 0.3 is 0 Å². The Labute approximate surface area is 77.8 Å². The maximum absolute atomic E-state index is 3.26. The van der Waals surface area contributed by atoms with Gasteiger partial charge in [-0.25, -0.2) is 0 Å². The molecule has 0 aliphatic carbocycles. The third-order valence-corrected chi connectivity index (χ3v) is 2.87. The van der Waals surface area contributed by atoms with Crippen LogP contribution in [0.4, 0.5) is 0 Å². The summed E-state index contributed by atoms with van der Waals surface area (Å²) >= 11 is 0. The van der Waals surface area contributed by atoms with Crippen LogP contribution in [-0.2, 0) is 0 Å². The van der Waals surface area contributed by atoms with Gasteiger partial charge in [0.15, 0.2) is 0 Å². The minimum Gasteiger partial charge on any atom is -0.319 e. The highest BCUT2D eigenvalue weighted by Gasteiger charge is 2.19. The first kappa shape index (κ1) is 10.0. The predicted octanol–water partition coefficient (Wildman–Crippen LogP) is 1.57. The van der Waals surface area contributed by atoms with Gasteiger partial charge in [-0.2, -0.15) is 0 Å². The molecule has 2 heteroatoms. The van der Waals surface area contributed by atoms with Crippen LogP contribution in [-0.4, -0.2) is 37.6 Å². The number of rotatable bonds is 3. The van der Waals surface area contributed by atoms with Gasteiger partial charge < -0.3 is 10.2 Å². The fraction of sp³-hybridized carbons (Fsp3) is 1.00. The van der Waals surface area contributed by atoms with E-state index < -0.39 is 0 Å². The SMILES string of the molecule is CNCC1CCN(C(C)C)CC1.[HH]. The van der Waals surface area contributed by atoms with Gasteiger partial charge in [0.25, 0.3) is 0 Å². The molecule has 74 valence electrons. The molecule has 1 fully saturated rings. The molecule has 0 spiro atoms.